The Kier molecular flexibility index (Phi) is 5.12. The number of anilines is 1. The van der Waals surface area contributed by atoms with E-state index in [0.717, 1.165) is 30.2 Å². The van der Waals surface area contributed by atoms with Crippen LogP contribution in [-0.2, 0) is 6.42 Å². The first-order valence-corrected chi connectivity index (χ1v) is 7.51. The Morgan fingerprint density at radius 1 is 1.24 bits per heavy atom. The number of nitrogens with one attached hydrogen (secondary N) is 1. The molecule has 0 saturated carbocycles. The molecule has 2 rings (SSSR count). The number of rotatable bonds is 5. The highest BCUT2D eigenvalue weighted by molar-refractivity contribution is 6.33. The van der Waals surface area contributed by atoms with Gasteiger partial charge in [-0.25, -0.2) is 14.4 Å². The van der Waals surface area contributed by atoms with Gasteiger partial charge >= 0.3 is 0 Å². The summed E-state index contributed by atoms with van der Waals surface area (Å²) >= 11 is 6.21. The molecule has 0 atom stereocenters. The highest BCUT2D eigenvalue weighted by atomic mass is 35.5. The van der Waals surface area contributed by atoms with E-state index in [4.69, 9.17) is 11.6 Å². The molecule has 0 aliphatic rings. The van der Waals surface area contributed by atoms with E-state index in [-0.39, 0.29) is 5.82 Å². The maximum atomic E-state index is 13.5. The molecule has 0 fully saturated rings. The summed E-state index contributed by atoms with van der Waals surface area (Å²) in [4.78, 5) is 9.04. The maximum Gasteiger partial charge on any atom is 0.133 e. The summed E-state index contributed by atoms with van der Waals surface area (Å²) in [6.07, 6.45) is 1.71. The van der Waals surface area contributed by atoms with Gasteiger partial charge in [-0.05, 0) is 31.5 Å². The predicted octanol–water partition coefficient (Wildman–Crippen LogP) is 4.63. The molecule has 0 radical (unpaired) electrons. The Hall–Kier alpha value is -1.68. The van der Waals surface area contributed by atoms with Crippen LogP contribution in [0.1, 0.15) is 31.7 Å². The summed E-state index contributed by atoms with van der Waals surface area (Å²) in [7, 11) is 0. The van der Waals surface area contributed by atoms with Gasteiger partial charge in [0.2, 0.25) is 0 Å². The third-order valence-corrected chi connectivity index (χ3v) is 3.56. The van der Waals surface area contributed by atoms with Crippen LogP contribution in [-0.4, -0.2) is 16.5 Å². The van der Waals surface area contributed by atoms with Gasteiger partial charge in [0.1, 0.15) is 17.5 Å². The van der Waals surface area contributed by atoms with Gasteiger partial charge in [-0.3, -0.25) is 0 Å². The van der Waals surface area contributed by atoms with Gasteiger partial charge in [-0.1, -0.05) is 25.4 Å². The molecule has 1 N–H and O–H groups in total. The van der Waals surface area contributed by atoms with Crippen LogP contribution in [0.5, 0.6) is 0 Å². The standard InChI is InChI=1S/C16H19ClFN3/c1-4-8-19-16-10(3)15(20-14(5-2)21-16)12-9-11(18)6-7-13(12)17/h6-7,9H,4-5,8H2,1-3H3,(H,19,20,21). The van der Waals surface area contributed by atoms with Crippen molar-refractivity contribution in [3.8, 4) is 11.3 Å². The number of hydrogen-bond acceptors (Lipinski definition) is 3. The van der Waals surface area contributed by atoms with Crippen LogP contribution in [0, 0.1) is 12.7 Å². The number of hydrogen-bond donors (Lipinski definition) is 1. The Morgan fingerprint density at radius 3 is 2.67 bits per heavy atom. The monoisotopic (exact) mass is 307 g/mol. The lowest BCUT2D eigenvalue weighted by Gasteiger charge is -2.14. The molecular weight excluding hydrogens is 289 g/mol. The number of benzene rings is 1. The van der Waals surface area contributed by atoms with Crippen LogP contribution in [0.3, 0.4) is 0 Å². The van der Waals surface area contributed by atoms with Crippen molar-refractivity contribution in [1.82, 2.24) is 9.97 Å². The molecule has 1 aromatic heterocycles. The van der Waals surface area contributed by atoms with Crippen LogP contribution < -0.4 is 5.32 Å². The van der Waals surface area contributed by atoms with Gasteiger partial charge < -0.3 is 5.32 Å². The SMILES string of the molecule is CCCNc1nc(CC)nc(-c2cc(F)ccc2Cl)c1C. The topological polar surface area (TPSA) is 37.8 Å². The molecule has 3 nitrogen and oxygen atoms in total. The number of nitrogens with zero attached hydrogens (tertiary/aromatic N) is 2. The van der Waals surface area contributed by atoms with E-state index in [1.54, 1.807) is 6.07 Å². The molecule has 21 heavy (non-hydrogen) atoms. The fraction of sp³-hybridized carbons (Fsp3) is 0.375. The second-order valence-electron chi connectivity index (χ2n) is 4.87. The van der Waals surface area contributed by atoms with Gasteiger partial charge in [-0.15, -0.1) is 0 Å². The third-order valence-electron chi connectivity index (χ3n) is 3.23. The van der Waals surface area contributed by atoms with Crippen LogP contribution in [0.4, 0.5) is 10.2 Å². The lowest BCUT2D eigenvalue weighted by molar-refractivity contribution is 0.628. The number of aromatic nitrogens is 2. The molecule has 2 aromatic rings. The summed E-state index contributed by atoms with van der Waals surface area (Å²) in [6.45, 7) is 6.84. The van der Waals surface area contributed by atoms with Crippen molar-refractivity contribution >= 4 is 17.4 Å². The molecule has 5 heteroatoms. The fourth-order valence-electron chi connectivity index (χ4n) is 2.08. The van der Waals surface area contributed by atoms with Crippen LogP contribution in [0.25, 0.3) is 11.3 Å². The second kappa shape index (κ2) is 6.85. The molecular formula is C16H19ClFN3. The van der Waals surface area contributed by atoms with Gasteiger partial charge in [0.25, 0.3) is 0 Å². The summed E-state index contributed by atoms with van der Waals surface area (Å²) in [5.74, 6) is 1.18. The largest absolute Gasteiger partial charge is 0.370 e. The molecule has 0 aliphatic carbocycles. The zero-order valence-corrected chi connectivity index (χ0v) is 13.3. The van der Waals surface area contributed by atoms with E-state index in [0.29, 0.717) is 22.7 Å². The van der Waals surface area contributed by atoms with Crippen molar-refractivity contribution in [2.45, 2.75) is 33.6 Å². The Bertz CT molecular complexity index is 644. The minimum absolute atomic E-state index is 0.325. The van der Waals surface area contributed by atoms with Crippen LogP contribution in [0.15, 0.2) is 18.2 Å². The predicted molar refractivity (Wildman–Crippen MR) is 85.3 cm³/mol. The smallest absolute Gasteiger partial charge is 0.133 e. The van der Waals surface area contributed by atoms with Crippen molar-refractivity contribution in [2.75, 3.05) is 11.9 Å². The van der Waals surface area contributed by atoms with Gasteiger partial charge in [0, 0.05) is 24.1 Å². The van der Waals surface area contributed by atoms with Crippen LogP contribution >= 0.6 is 11.6 Å². The normalized spacial score (nSPS) is 10.7. The summed E-state index contributed by atoms with van der Waals surface area (Å²) in [6, 6.07) is 4.32. The lowest BCUT2D eigenvalue weighted by atomic mass is 10.1. The Morgan fingerprint density at radius 2 is 2.00 bits per heavy atom. The van der Waals surface area contributed by atoms with Gasteiger partial charge in [-0.2, -0.15) is 0 Å². The zero-order chi connectivity index (χ0) is 15.4. The van der Waals surface area contributed by atoms with Crippen molar-refractivity contribution in [1.29, 1.82) is 0 Å². The molecule has 0 unspecified atom stereocenters. The Balaban J connectivity index is 2.58. The Labute approximate surface area is 129 Å². The number of halogens is 2. The van der Waals surface area contributed by atoms with E-state index >= 15 is 0 Å². The summed E-state index contributed by atoms with van der Waals surface area (Å²) < 4.78 is 13.5. The average Bonchev–Trinajstić information content (AvgIpc) is 2.49. The van der Waals surface area contributed by atoms with Crippen molar-refractivity contribution in [2.24, 2.45) is 0 Å². The van der Waals surface area contributed by atoms with Crippen molar-refractivity contribution < 1.29 is 4.39 Å². The number of aryl methyl sites for hydroxylation is 1. The highest BCUT2D eigenvalue weighted by Gasteiger charge is 2.15. The van der Waals surface area contributed by atoms with E-state index < -0.39 is 0 Å². The second-order valence-corrected chi connectivity index (χ2v) is 5.27. The van der Waals surface area contributed by atoms with Crippen LogP contribution in [0.2, 0.25) is 5.02 Å². The lowest BCUT2D eigenvalue weighted by Crippen LogP contribution is -2.09. The van der Waals surface area contributed by atoms with E-state index in [2.05, 4.69) is 22.2 Å². The van der Waals surface area contributed by atoms with Gasteiger partial charge in [0.15, 0.2) is 0 Å². The molecule has 1 aromatic carbocycles. The van der Waals surface area contributed by atoms with E-state index in [1.807, 2.05) is 13.8 Å². The highest BCUT2D eigenvalue weighted by Crippen LogP contribution is 2.32. The van der Waals surface area contributed by atoms with Crippen molar-refractivity contribution in [3.05, 3.63) is 40.4 Å². The average molecular weight is 308 g/mol. The quantitative estimate of drug-likeness (QED) is 0.875. The molecule has 0 aliphatic heterocycles. The fourth-order valence-corrected chi connectivity index (χ4v) is 2.28. The summed E-state index contributed by atoms with van der Waals surface area (Å²) in [5, 5.41) is 3.78. The minimum atomic E-state index is -0.325. The molecule has 0 saturated heterocycles. The summed E-state index contributed by atoms with van der Waals surface area (Å²) in [5.41, 5.74) is 2.17. The third kappa shape index (κ3) is 3.50. The first kappa shape index (κ1) is 15.7. The van der Waals surface area contributed by atoms with Crippen molar-refractivity contribution in [3.63, 3.8) is 0 Å². The maximum absolute atomic E-state index is 13.5. The molecule has 112 valence electrons. The molecule has 0 bridgehead atoms. The molecule has 1 heterocycles. The van der Waals surface area contributed by atoms with E-state index in [9.17, 15) is 4.39 Å². The zero-order valence-electron chi connectivity index (χ0n) is 12.5. The first-order valence-electron chi connectivity index (χ1n) is 7.13. The minimum Gasteiger partial charge on any atom is -0.370 e. The molecule has 0 spiro atoms. The van der Waals surface area contributed by atoms with E-state index in [1.165, 1.54) is 12.1 Å². The molecule has 0 amide bonds. The first-order chi connectivity index (χ1) is 10.1. The van der Waals surface area contributed by atoms with Gasteiger partial charge in [0.05, 0.1) is 10.7 Å².